The number of hydrogen-bond acceptors (Lipinski definition) is 3. The van der Waals surface area contributed by atoms with Crippen LogP contribution >= 0.6 is 15.9 Å². The molecule has 0 saturated heterocycles. The first-order chi connectivity index (χ1) is 6.13. The largest absolute Gasteiger partial charge is 0.444 e. The monoisotopic (exact) mass is 246 g/mol. The quantitative estimate of drug-likeness (QED) is 0.819. The van der Waals surface area contributed by atoms with E-state index in [1.165, 1.54) is 0 Å². The molecule has 1 aromatic heterocycles. The van der Waals surface area contributed by atoms with Crippen LogP contribution in [-0.2, 0) is 11.3 Å². The maximum atomic E-state index is 10.8. The molecule has 0 aromatic carbocycles. The summed E-state index contributed by atoms with van der Waals surface area (Å²) in [5.41, 5.74) is 0.864. The van der Waals surface area contributed by atoms with Gasteiger partial charge in [-0.05, 0) is 13.8 Å². The van der Waals surface area contributed by atoms with Crippen LogP contribution in [0.4, 0.5) is 0 Å². The van der Waals surface area contributed by atoms with Crippen molar-refractivity contribution >= 4 is 21.8 Å². The summed E-state index contributed by atoms with van der Waals surface area (Å²) in [4.78, 5) is 15.0. The average molecular weight is 247 g/mol. The standard InChI is InChI=1S/C8H11BrN2O2/c1-5-6(2)13-8(11-5)4-10-7(12)3-9/h3-4H2,1-2H3,(H,10,12). The molecule has 0 atom stereocenters. The molecule has 5 heteroatoms. The maximum Gasteiger partial charge on any atom is 0.231 e. The van der Waals surface area contributed by atoms with Crippen LogP contribution in [0.15, 0.2) is 4.42 Å². The first kappa shape index (κ1) is 10.2. The zero-order chi connectivity index (χ0) is 9.84. The molecule has 1 N–H and O–H groups in total. The van der Waals surface area contributed by atoms with Gasteiger partial charge in [-0.25, -0.2) is 4.98 Å². The van der Waals surface area contributed by atoms with Gasteiger partial charge in [0, 0.05) is 0 Å². The third-order valence-corrected chi connectivity index (χ3v) is 2.14. The van der Waals surface area contributed by atoms with Gasteiger partial charge in [0.05, 0.1) is 17.6 Å². The number of hydrogen-bond donors (Lipinski definition) is 1. The summed E-state index contributed by atoms with van der Waals surface area (Å²) in [5.74, 6) is 1.26. The van der Waals surface area contributed by atoms with E-state index in [2.05, 4.69) is 26.2 Å². The zero-order valence-corrected chi connectivity index (χ0v) is 9.14. The fraction of sp³-hybridized carbons (Fsp3) is 0.500. The number of halogens is 1. The average Bonchev–Trinajstić information content (AvgIpc) is 2.42. The fourth-order valence-corrected chi connectivity index (χ4v) is 1.03. The van der Waals surface area contributed by atoms with Crippen LogP contribution in [0, 0.1) is 13.8 Å². The lowest BCUT2D eigenvalue weighted by Crippen LogP contribution is -2.23. The van der Waals surface area contributed by atoms with Gasteiger partial charge in [0.25, 0.3) is 0 Å². The number of alkyl halides is 1. The topological polar surface area (TPSA) is 55.1 Å². The molecule has 0 aliphatic heterocycles. The van der Waals surface area contributed by atoms with Crippen LogP contribution in [0.2, 0.25) is 0 Å². The van der Waals surface area contributed by atoms with Gasteiger partial charge in [-0.15, -0.1) is 0 Å². The summed E-state index contributed by atoms with van der Waals surface area (Å²) < 4.78 is 5.27. The number of carbonyl (C=O) groups excluding carboxylic acids is 1. The molecule has 13 heavy (non-hydrogen) atoms. The van der Waals surface area contributed by atoms with Crippen LogP contribution < -0.4 is 5.32 Å². The Morgan fingerprint density at radius 1 is 1.62 bits per heavy atom. The van der Waals surface area contributed by atoms with Gasteiger partial charge in [-0.3, -0.25) is 4.79 Å². The molecule has 0 spiro atoms. The Kier molecular flexibility index (Phi) is 3.48. The van der Waals surface area contributed by atoms with Crippen LogP contribution in [-0.4, -0.2) is 16.2 Å². The van der Waals surface area contributed by atoms with Crippen LogP contribution in [0.3, 0.4) is 0 Å². The Morgan fingerprint density at radius 3 is 2.77 bits per heavy atom. The number of nitrogens with zero attached hydrogens (tertiary/aromatic N) is 1. The highest BCUT2D eigenvalue weighted by atomic mass is 79.9. The summed E-state index contributed by atoms with van der Waals surface area (Å²) in [6.45, 7) is 4.06. The normalized spacial score (nSPS) is 10.1. The number of aromatic nitrogens is 1. The van der Waals surface area contributed by atoms with E-state index < -0.39 is 0 Å². The SMILES string of the molecule is Cc1nc(CNC(=O)CBr)oc1C. The van der Waals surface area contributed by atoms with Gasteiger partial charge < -0.3 is 9.73 Å². The molecule has 1 amide bonds. The highest BCUT2D eigenvalue weighted by molar-refractivity contribution is 9.09. The van der Waals surface area contributed by atoms with Crippen molar-refractivity contribution in [1.82, 2.24) is 10.3 Å². The van der Waals surface area contributed by atoms with Crippen molar-refractivity contribution in [2.75, 3.05) is 5.33 Å². The molecule has 0 unspecified atom stereocenters. The van der Waals surface area contributed by atoms with Gasteiger partial charge in [0.2, 0.25) is 11.8 Å². The van der Waals surface area contributed by atoms with Crippen molar-refractivity contribution in [2.45, 2.75) is 20.4 Å². The lowest BCUT2D eigenvalue weighted by Gasteiger charge is -1.97. The third-order valence-electron chi connectivity index (χ3n) is 1.63. The van der Waals surface area contributed by atoms with Crippen LogP contribution in [0.5, 0.6) is 0 Å². The number of aryl methyl sites for hydroxylation is 2. The maximum absolute atomic E-state index is 10.8. The van der Waals surface area contributed by atoms with Crippen molar-refractivity contribution in [3.05, 3.63) is 17.3 Å². The van der Waals surface area contributed by atoms with E-state index in [1.54, 1.807) is 0 Å². The van der Waals surface area contributed by atoms with Gasteiger partial charge in [-0.2, -0.15) is 0 Å². The molecule has 0 bridgehead atoms. The molecule has 0 saturated carbocycles. The lowest BCUT2D eigenvalue weighted by molar-refractivity contribution is -0.118. The molecular weight excluding hydrogens is 236 g/mol. The fourth-order valence-electron chi connectivity index (χ4n) is 0.836. The second kappa shape index (κ2) is 4.41. The van der Waals surface area contributed by atoms with E-state index in [4.69, 9.17) is 4.42 Å². The molecule has 0 aliphatic rings. The van der Waals surface area contributed by atoms with E-state index in [9.17, 15) is 4.79 Å². The molecule has 1 rings (SSSR count). The van der Waals surface area contributed by atoms with E-state index in [0.29, 0.717) is 17.8 Å². The van der Waals surface area contributed by atoms with Gasteiger partial charge in [0.1, 0.15) is 5.76 Å². The Hall–Kier alpha value is -0.840. The van der Waals surface area contributed by atoms with Crippen LogP contribution in [0.1, 0.15) is 17.3 Å². The second-order valence-electron chi connectivity index (χ2n) is 2.66. The minimum absolute atomic E-state index is 0.0755. The first-order valence-corrected chi connectivity index (χ1v) is 5.01. The zero-order valence-electron chi connectivity index (χ0n) is 7.56. The number of amides is 1. The first-order valence-electron chi connectivity index (χ1n) is 3.89. The summed E-state index contributed by atoms with van der Waals surface area (Å²) >= 11 is 3.04. The Bertz CT molecular complexity index is 290. The number of rotatable bonds is 3. The van der Waals surface area contributed by atoms with E-state index in [-0.39, 0.29) is 5.91 Å². The number of carbonyl (C=O) groups is 1. The summed E-state index contributed by atoms with van der Waals surface area (Å²) in [6.07, 6.45) is 0. The molecule has 72 valence electrons. The highest BCUT2D eigenvalue weighted by Crippen LogP contribution is 2.07. The Morgan fingerprint density at radius 2 is 2.31 bits per heavy atom. The lowest BCUT2D eigenvalue weighted by atomic mass is 10.4. The van der Waals surface area contributed by atoms with Gasteiger partial charge in [0.15, 0.2) is 0 Å². The minimum atomic E-state index is -0.0755. The molecule has 1 heterocycles. The molecular formula is C8H11BrN2O2. The predicted molar refractivity (Wildman–Crippen MR) is 51.6 cm³/mol. The van der Waals surface area contributed by atoms with Crippen molar-refractivity contribution < 1.29 is 9.21 Å². The third kappa shape index (κ3) is 2.84. The predicted octanol–water partition coefficient (Wildman–Crippen LogP) is 1.30. The van der Waals surface area contributed by atoms with Crippen molar-refractivity contribution in [2.24, 2.45) is 0 Å². The molecule has 0 aliphatic carbocycles. The van der Waals surface area contributed by atoms with Crippen molar-refractivity contribution in [1.29, 1.82) is 0 Å². The summed E-state index contributed by atoms with van der Waals surface area (Å²) in [7, 11) is 0. The van der Waals surface area contributed by atoms with Gasteiger partial charge >= 0.3 is 0 Å². The van der Waals surface area contributed by atoms with Crippen LogP contribution in [0.25, 0.3) is 0 Å². The molecule has 1 aromatic rings. The smallest absolute Gasteiger partial charge is 0.231 e. The number of nitrogens with one attached hydrogen (secondary N) is 1. The van der Waals surface area contributed by atoms with Gasteiger partial charge in [-0.1, -0.05) is 15.9 Å². The minimum Gasteiger partial charge on any atom is -0.444 e. The Labute approximate surface area is 84.8 Å². The number of oxazole rings is 1. The van der Waals surface area contributed by atoms with Crippen molar-refractivity contribution in [3.8, 4) is 0 Å². The van der Waals surface area contributed by atoms with E-state index in [0.717, 1.165) is 11.5 Å². The molecule has 0 radical (unpaired) electrons. The Balaban J connectivity index is 2.50. The second-order valence-corrected chi connectivity index (χ2v) is 3.22. The highest BCUT2D eigenvalue weighted by Gasteiger charge is 2.06. The summed E-state index contributed by atoms with van der Waals surface area (Å²) in [6, 6.07) is 0. The molecule has 4 nitrogen and oxygen atoms in total. The van der Waals surface area contributed by atoms with E-state index >= 15 is 0 Å². The van der Waals surface area contributed by atoms with E-state index in [1.807, 2.05) is 13.8 Å². The molecule has 0 fully saturated rings. The summed E-state index contributed by atoms with van der Waals surface area (Å²) in [5, 5.41) is 2.94. The van der Waals surface area contributed by atoms with Crippen molar-refractivity contribution in [3.63, 3.8) is 0 Å².